The average Bonchev–Trinajstić information content (AvgIpc) is 2.65. The van der Waals surface area contributed by atoms with Crippen LogP contribution in [0.2, 0.25) is 0 Å². The Hall–Kier alpha value is -2.04. The van der Waals surface area contributed by atoms with Gasteiger partial charge in [0.25, 0.3) is 0 Å². The summed E-state index contributed by atoms with van der Waals surface area (Å²) in [5, 5.41) is 3.01. The molecule has 0 aromatic heterocycles. The molecular formula is C22H35N3O2. The van der Waals surface area contributed by atoms with Crippen molar-refractivity contribution in [1.29, 1.82) is 0 Å². The molecule has 0 bridgehead atoms. The molecule has 2 amide bonds. The summed E-state index contributed by atoms with van der Waals surface area (Å²) < 4.78 is 0. The lowest BCUT2D eigenvalue weighted by Crippen LogP contribution is -2.41. The van der Waals surface area contributed by atoms with Gasteiger partial charge in [-0.3, -0.25) is 9.59 Å². The fourth-order valence-corrected chi connectivity index (χ4v) is 4.00. The number of aryl methyl sites for hydroxylation is 1. The predicted molar refractivity (Wildman–Crippen MR) is 112 cm³/mol. The first-order valence-electron chi connectivity index (χ1n) is 10.4. The second kappa shape index (κ2) is 10.3. The summed E-state index contributed by atoms with van der Waals surface area (Å²) >= 11 is 0. The van der Waals surface area contributed by atoms with E-state index < -0.39 is 0 Å². The fourth-order valence-electron chi connectivity index (χ4n) is 4.00. The standard InChI is InChI=1S/C22H35N3O2/c1-5-24(6-2)20-12-13-21(17(3)16-20)23-22(27)14-15-25(18(4)26)19-10-8-7-9-11-19/h12-13,16,19H,5-11,14-15H2,1-4H3,(H,23,27). The second-order valence-electron chi connectivity index (χ2n) is 7.47. The largest absolute Gasteiger partial charge is 0.372 e. The van der Waals surface area contributed by atoms with Crippen LogP contribution in [0.4, 0.5) is 11.4 Å². The molecule has 1 aliphatic carbocycles. The fraction of sp³-hybridized carbons (Fsp3) is 0.636. The van der Waals surface area contributed by atoms with Crippen LogP contribution in [-0.2, 0) is 9.59 Å². The number of nitrogens with one attached hydrogen (secondary N) is 1. The summed E-state index contributed by atoms with van der Waals surface area (Å²) in [6, 6.07) is 6.45. The van der Waals surface area contributed by atoms with Crippen molar-refractivity contribution >= 4 is 23.2 Å². The minimum atomic E-state index is -0.0317. The Morgan fingerprint density at radius 2 is 1.78 bits per heavy atom. The molecule has 2 rings (SSSR count). The highest BCUT2D eigenvalue weighted by Gasteiger charge is 2.23. The van der Waals surface area contributed by atoms with Gasteiger partial charge in [0.15, 0.2) is 0 Å². The Balaban J connectivity index is 1.93. The summed E-state index contributed by atoms with van der Waals surface area (Å²) in [4.78, 5) is 28.6. The maximum atomic E-state index is 12.4. The molecule has 0 spiro atoms. The van der Waals surface area contributed by atoms with Gasteiger partial charge in [0, 0.05) is 50.4 Å². The average molecular weight is 374 g/mol. The topological polar surface area (TPSA) is 52.7 Å². The van der Waals surface area contributed by atoms with Gasteiger partial charge in [0.1, 0.15) is 0 Å². The van der Waals surface area contributed by atoms with Crippen LogP contribution < -0.4 is 10.2 Å². The zero-order valence-electron chi connectivity index (χ0n) is 17.4. The number of carbonyl (C=O) groups excluding carboxylic acids is 2. The molecular weight excluding hydrogens is 338 g/mol. The van der Waals surface area contributed by atoms with Gasteiger partial charge in [-0.25, -0.2) is 0 Å². The third-order valence-electron chi connectivity index (χ3n) is 5.61. The molecule has 1 aromatic rings. The van der Waals surface area contributed by atoms with Gasteiger partial charge in [-0.1, -0.05) is 19.3 Å². The molecule has 1 fully saturated rings. The predicted octanol–water partition coefficient (Wildman–Crippen LogP) is 4.35. The van der Waals surface area contributed by atoms with E-state index in [9.17, 15) is 9.59 Å². The summed E-state index contributed by atoms with van der Waals surface area (Å²) in [7, 11) is 0. The maximum Gasteiger partial charge on any atom is 0.226 e. The normalized spacial score (nSPS) is 14.7. The highest BCUT2D eigenvalue weighted by molar-refractivity contribution is 5.92. The second-order valence-corrected chi connectivity index (χ2v) is 7.47. The molecule has 5 nitrogen and oxygen atoms in total. The molecule has 1 aliphatic rings. The van der Waals surface area contributed by atoms with Crippen LogP contribution in [0.1, 0.15) is 64.9 Å². The van der Waals surface area contributed by atoms with Crippen LogP contribution in [0.25, 0.3) is 0 Å². The number of carbonyl (C=O) groups is 2. The first-order chi connectivity index (χ1) is 13.0. The van der Waals surface area contributed by atoms with E-state index in [2.05, 4.69) is 36.2 Å². The number of hydrogen-bond donors (Lipinski definition) is 1. The number of rotatable bonds is 8. The van der Waals surface area contributed by atoms with E-state index in [0.29, 0.717) is 19.0 Å². The van der Waals surface area contributed by atoms with E-state index in [1.165, 1.54) is 24.9 Å². The zero-order chi connectivity index (χ0) is 19.8. The SMILES string of the molecule is CCN(CC)c1ccc(NC(=O)CCN(C(C)=O)C2CCCCC2)c(C)c1. The van der Waals surface area contributed by atoms with Crippen molar-refractivity contribution in [1.82, 2.24) is 4.90 Å². The highest BCUT2D eigenvalue weighted by Crippen LogP contribution is 2.24. The lowest BCUT2D eigenvalue weighted by molar-refractivity contribution is -0.132. The van der Waals surface area contributed by atoms with Crippen molar-refractivity contribution in [3.8, 4) is 0 Å². The first kappa shape index (κ1) is 21.3. The Morgan fingerprint density at radius 3 is 2.33 bits per heavy atom. The molecule has 1 N–H and O–H groups in total. The third kappa shape index (κ3) is 5.98. The summed E-state index contributed by atoms with van der Waals surface area (Å²) in [5.41, 5.74) is 3.09. The van der Waals surface area contributed by atoms with Gasteiger partial charge >= 0.3 is 0 Å². The van der Waals surface area contributed by atoms with E-state index in [0.717, 1.165) is 37.2 Å². The number of benzene rings is 1. The quantitative estimate of drug-likeness (QED) is 0.737. The molecule has 27 heavy (non-hydrogen) atoms. The van der Waals surface area contributed by atoms with Gasteiger partial charge in [-0.15, -0.1) is 0 Å². The van der Waals surface area contributed by atoms with Crippen molar-refractivity contribution in [2.75, 3.05) is 29.9 Å². The summed E-state index contributed by atoms with van der Waals surface area (Å²) in [6.45, 7) is 10.3. The van der Waals surface area contributed by atoms with Crippen LogP contribution in [0.15, 0.2) is 18.2 Å². The van der Waals surface area contributed by atoms with Crippen LogP contribution in [0, 0.1) is 6.92 Å². The number of amides is 2. The number of anilines is 2. The van der Waals surface area contributed by atoms with Crippen molar-refractivity contribution in [3.05, 3.63) is 23.8 Å². The molecule has 0 heterocycles. The third-order valence-corrected chi connectivity index (χ3v) is 5.61. The molecule has 1 saturated carbocycles. The van der Waals surface area contributed by atoms with Crippen LogP contribution in [-0.4, -0.2) is 42.4 Å². The monoisotopic (exact) mass is 373 g/mol. The molecule has 0 unspecified atom stereocenters. The molecule has 5 heteroatoms. The summed E-state index contributed by atoms with van der Waals surface area (Å²) in [5.74, 6) is 0.0465. The van der Waals surface area contributed by atoms with Crippen molar-refractivity contribution < 1.29 is 9.59 Å². The Bertz CT molecular complexity index is 634. The molecule has 0 saturated heterocycles. The first-order valence-corrected chi connectivity index (χ1v) is 10.4. The van der Waals surface area contributed by atoms with Crippen LogP contribution in [0.5, 0.6) is 0 Å². The Labute approximate surface area is 164 Å². The molecule has 0 radical (unpaired) electrons. The van der Waals surface area contributed by atoms with E-state index in [1.807, 2.05) is 17.9 Å². The van der Waals surface area contributed by atoms with E-state index in [1.54, 1.807) is 6.92 Å². The highest BCUT2D eigenvalue weighted by atomic mass is 16.2. The number of hydrogen-bond acceptors (Lipinski definition) is 3. The lowest BCUT2D eigenvalue weighted by Gasteiger charge is -2.33. The van der Waals surface area contributed by atoms with Gasteiger partial charge in [0.05, 0.1) is 0 Å². The smallest absolute Gasteiger partial charge is 0.226 e. The maximum absolute atomic E-state index is 12.4. The van der Waals surface area contributed by atoms with Crippen LogP contribution in [0.3, 0.4) is 0 Å². The van der Waals surface area contributed by atoms with Gasteiger partial charge in [0.2, 0.25) is 11.8 Å². The molecule has 150 valence electrons. The minimum Gasteiger partial charge on any atom is -0.372 e. The summed E-state index contributed by atoms with van der Waals surface area (Å²) in [6.07, 6.45) is 6.08. The van der Waals surface area contributed by atoms with E-state index in [4.69, 9.17) is 0 Å². The van der Waals surface area contributed by atoms with Crippen molar-refractivity contribution in [2.45, 2.75) is 72.3 Å². The molecule has 0 atom stereocenters. The van der Waals surface area contributed by atoms with Gasteiger partial charge < -0.3 is 15.1 Å². The zero-order valence-corrected chi connectivity index (χ0v) is 17.4. The minimum absolute atomic E-state index is 0.0317. The molecule has 1 aromatic carbocycles. The van der Waals surface area contributed by atoms with E-state index in [-0.39, 0.29) is 11.8 Å². The Morgan fingerprint density at radius 1 is 1.11 bits per heavy atom. The van der Waals surface area contributed by atoms with Gasteiger partial charge in [-0.05, 0) is 57.4 Å². The van der Waals surface area contributed by atoms with Crippen molar-refractivity contribution in [3.63, 3.8) is 0 Å². The number of nitrogens with zero attached hydrogens (tertiary/aromatic N) is 2. The van der Waals surface area contributed by atoms with Crippen molar-refractivity contribution in [2.24, 2.45) is 0 Å². The Kier molecular flexibility index (Phi) is 8.14. The van der Waals surface area contributed by atoms with Gasteiger partial charge in [-0.2, -0.15) is 0 Å². The molecule has 0 aliphatic heterocycles. The lowest BCUT2D eigenvalue weighted by atomic mass is 9.94. The van der Waals surface area contributed by atoms with Crippen LogP contribution >= 0.6 is 0 Å². The van der Waals surface area contributed by atoms with E-state index >= 15 is 0 Å².